The molecule has 0 bridgehead atoms. The second-order valence-corrected chi connectivity index (χ2v) is 12.1. The molecule has 2 heterocycles. The Morgan fingerprint density at radius 1 is 0.500 bits per heavy atom. The van der Waals surface area contributed by atoms with Gasteiger partial charge in [-0.05, 0) is 37.8 Å². The molecule has 0 unspecified atom stereocenters. The number of rotatable bonds is 4. The fraction of sp³-hybridized carbons (Fsp3) is 0.545. The quantitative estimate of drug-likeness (QED) is 0.706. The summed E-state index contributed by atoms with van der Waals surface area (Å²) in [4.78, 5) is 0.407. The lowest BCUT2D eigenvalue weighted by atomic mass is 10.1. The Labute approximate surface area is 180 Å². The Morgan fingerprint density at radius 2 is 0.833 bits per heavy atom. The highest BCUT2D eigenvalue weighted by Gasteiger charge is 2.30. The molecule has 2 aliphatic heterocycles. The highest BCUT2D eigenvalue weighted by molar-refractivity contribution is 7.89. The summed E-state index contributed by atoms with van der Waals surface area (Å²) in [7, 11) is -7.36. The maximum Gasteiger partial charge on any atom is 0.243 e. The van der Waals surface area contributed by atoms with Crippen molar-refractivity contribution in [1.82, 2.24) is 8.61 Å². The van der Waals surface area contributed by atoms with Crippen LogP contribution in [-0.4, -0.2) is 51.6 Å². The maximum absolute atomic E-state index is 13.4. The van der Waals surface area contributed by atoms with Gasteiger partial charge in [-0.2, -0.15) is 8.61 Å². The van der Waals surface area contributed by atoms with Crippen molar-refractivity contribution in [1.29, 1.82) is 0 Å². The lowest BCUT2D eigenvalue weighted by Crippen LogP contribution is -2.32. The van der Waals surface area contributed by atoms with E-state index in [0.717, 1.165) is 51.4 Å². The van der Waals surface area contributed by atoms with Gasteiger partial charge in [0, 0.05) is 37.0 Å². The van der Waals surface area contributed by atoms with Crippen LogP contribution in [0.3, 0.4) is 0 Å². The van der Waals surface area contributed by atoms with Crippen LogP contribution in [-0.2, 0) is 20.0 Å². The minimum Gasteiger partial charge on any atom is -0.207 e. The molecule has 2 fully saturated rings. The Kier molecular flexibility index (Phi) is 6.48. The molecule has 0 N–H and O–H groups in total. The van der Waals surface area contributed by atoms with E-state index in [4.69, 9.17) is 0 Å². The molecule has 4 rings (SSSR count). The highest BCUT2D eigenvalue weighted by Crippen LogP contribution is 2.32. The molecule has 0 radical (unpaired) electrons. The van der Waals surface area contributed by atoms with E-state index in [1.165, 1.54) is 0 Å². The van der Waals surface area contributed by atoms with Crippen molar-refractivity contribution < 1.29 is 16.8 Å². The van der Waals surface area contributed by atoms with E-state index >= 15 is 0 Å². The van der Waals surface area contributed by atoms with Gasteiger partial charge < -0.3 is 0 Å². The van der Waals surface area contributed by atoms with Crippen LogP contribution in [0.4, 0.5) is 0 Å². The fourth-order valence-corrected chi connectivity index (χ4v) is 7.99. The van der Waals surface area contributed by atoms with E-state index in [1.54, 1.807) is 45.0 Å². The average molecular weight is 451 g/mol. The van der Waals surface area contributed by atoms with Crippen LogP contribution in [0.15, 0.2) is 46.2 Å². The third-order valence-electron chi connectivity index (χ3n) is 6.21. The Hall–Kier alpha value is -1.48. The van der Waals surface area contributed by atoms with Crippen LogP contribution in [0.1, 0.15) is 51.4 Å². The van der Waals surface area contributed by atoms with Crippen molar-refractivity contribution in [2.45, 2.75) is 61.2 Å². The number of sulfonamides is 2. The molecular formula is C22H30N2O4S2. The highest BCUT2D eigenvalue weighted by atomic mass is 32.2. The molecule has 2 saturated heterocycles. The van der Waals surface area contributed by atoms with Crippen LogP contribution in [0.2, 0.25) is 0 Å². The molecule has 2 aromatic carbocycles. The Morgan fingerprint density at radius 3 is 1.17 bits per heavy atom. The van der Waals surface area contributed by atoms with Gasteiger partial charge in [-0.25, -0.2) is 16.8 Å². The topological polar surface area (TPSA) is 74.8 Å². The van der Waals surface area contributed by atoms with Crippen LogP contribution in [0, 0.1) is 0 Å². The molecule has 8 heteroatoms. The summed E-state index contributed by atoms with van der Waals surface area (Å²) < 4.78 is 56.8. The van der Waals surface area contributed by atoms with E-state index < -0.39 is 20.0 Å². The summed E-state index contributed by atoms with van der Waals surface area (Å²) in [6.07, 6.45) is 7.60. The van der Waals surface area contributed by atoms with Crippen molar-refractivity contribution in [3.8, 4) is 0 Å². The second-order valence-electron chi connectivity index (χ2n) is 8.24. The predicted molar refractivity (Wildman–Crippen MR) is 118 cm³/mol. The van der Waals surface area contributed by atoms with Gasteiger partial charge in [-0.1, -0.05) is 49.9 Å². The van der Waals surface area contributed by atoms with Gasteiger partial charge in [-0.3, -0.25) is 0 Å². The minimum atomic E-state index is -3.68. The first kappa shape index (κ1) is 21.7. The zero-order valence-electron chi connectivity index (χ0n) is 17.3. The maximum atomic E-state index is 13.4. The Bertz CT molecular complexity index is 1010. The van der Waals surface area contributed by atoms with Gasteiger partial charge in [0.1, 0.15) is 0 Å². The standard InChI is InChI=1S/C22H30N2O4S2/c25-29(26,23-15-5-1-2-6-16-23)21-13-9-12-20-19(21)11-10-14-22(20)30(27,28)24-17-7-3-4-8-18-24/h9-14H,1-8,15-18H2. The van der Waals surface area contributed by atoms with Gasteiger partial charge in [0.25, 0.3) is 0 Å². The third-order valence-corrected chi connectivity index (χ3v) is 10.1. The minimum absolute atomic E-state index is 0.204. The average Bonchev–Trinajstić information content (AvgIpc) is 3.19. The summed E-state index contributed by atoms with van der Waals surface area (Å²) in [5.41, 5.74) is 0. The molecular weight excluding hydrogens is 420 g/mol. The molecule has 2 aliphatic rings. The van der Waals surface area contributed by atoms with Crippen molar-refractivity contribution in [3.63, 3.8) is 0 Å². The smallest absolute Gasteiger partial charge is 0.207 e. The molecule has 0 amide bonds. The molecule has 30 heavy (non-hydrogen) atoms. The molecule has 6 nitrogen and oxygen atoms in total. The number of fused-ring (bicyclic) bond motifs is 1. The van der Waals surface area contributed by atoms with Gasteiger partial charge in [0.2, 0.25) is 20.0 Å². The number of benzene rings is 2. The van der Waals surface area contributed by atoms with E-state index in [2.05, 4.69) is 0 Å². The van der Waals surface area contributed by atoms with Crippen molar-refractivity contribution in [3.05, 3.63) is 36.4 Å². The van der Waals surface area contributed by atoms with E-state index in [0.29, 0.717) is 37.0 Å². The summed E-state index contributed by atoms with van der Waals surface area (Å²) >= 11 is 0. The summed E-state index contributed by atoms with van der Waals surface area (Å²) in [6.45, 7) is 2.07. The van der Waals surface area contributed by atoms with Gasteiger partial charge >= 0.3 is 0 Å². The van der Waals surface area contributed by atoms with E-state index in [-0.39, 0.29) is 9.79 Å². The zero-order valence-corrected chi connectivity index (χ0v) is 18.9. The first-order valence-electron chi connectivity index (χ1n) is 10.9. The molecule has 0 spiro atoms. The van der Waals surface area contributed by atoms with Gasteiger partial charge in [0.05, 0.1) is 9.79 Å². The van der Waals surface area contributed by atoms with Gasteiger partial charge in [0.15, 0.2) is 0 Å². The summed E-state index contributed by atoms with van der Waals surface area (Å²) in [5.74, 6) is 0. The largest absolute Gasteiger partial charge is 0.243 e. The molecule has 0 saturated carbocycles. The van der Waals surface area contributed by atoms with E-state index in [1.807, 2.05) is 0 Å². The van der Waals surface area contributed by atoms with Crippen molar-refractivity contribution in [2.75, 3.05) is 26.2 Å². The Balaban J connectivity index is 1.80. The van der Waals surface area contributed by atoms with Crippen molar-refractivity contribution >= 4 is 30.8 Å². The SMILES string of the molecule is O=S(=O)(c1cccc2c(S(=O)(=O)N3CCCCCC3)cccc12)N1CCCCCC1. The monoisotopic (exact) mass is 450 g/mol. The summed E-state index contributed by atoms with van der Waals surface area (Å²) in [5, 5.41) is 0.968. The molecule has 0 aromatic heterocycles. The number of nitrogens with zero attached hydrogens (tertiary/aromatic N) is 2. The van der Waals surface area contributed by atoms with E-state index in [9.17, 15) is 16.8 Å². The first-order chi connectivity index (χ1) is 14.4. The molecule has 0 aliphatic carbocycles. The van der Waals surface area contributed by atoms with Gasteiger partial charge in [-0.15, -0.1) is 0 Å². The second kappa shape index (κ2) is 8.94. The predicted octanol–water partition coefficient (Wildman–Crippen LogP) is 3.97. The van der Waals surface area contributed by atoms with Crippen molar-refractivity contribution in [2.24, 2.45) is 0 Å². The first-order valence-corrected chi connectivity index (χ1v) is 13.8. The molecule has 0 atom stereocenters. The molecule has 2 aromatic rings. The summed E-state index contributed by atoms with van der Waals surface area (Å²) in [6, 6.07) is 9.97. The fourth-order valence-electron chi connectivity index (χ4n) is 4.54. The van der Waals surface area contributed by atoms with Crippen LogP contribution in [0.5, 0.6) is 0 Å². The molecule has 164 valence electrons. The van der Waals surface area contributed by atoms with Crippen LogP contribution in [0.25, 0.3) is 10.8 Å². The number of hydrogen-bond acceptors (Lipinski definition) is 4. The zero-order chi connectivity index (χ0) is 21.2. The van der Waals surface area contributed by atoms with Crippen LogP contribution >= 0.6 is 0 Å². The number of hydrogen-bond donors (Lipinski definition) is 0. The lowest BCUT2D eigenvalue weighted by molar-refractivity contribution is 0.423. The third kappa shape index (κ3) is 4.15. The van der Waals surface area contributed by atoms with Crippen LogP contribution < -0.4 is 0 Å². The lowest BCUT2D eigenvalue weighted by Gasteiger charge is -2.23. The normalized spacial score (nSPS) is 20.7.